The Kier molecular flexibility index (Phi) is 6.12. The summed E-state index contributed by atoms with van der Waals surface area (Å²) in [7, 11) is 0. The second-order valence-corrected chi connectivity index (χ2v) is 4.76. The van der Waals surface area contributed by atoms with Gasteiger partial charge in [-0.3, -0.25) is 0 Å². The molecule has 0 aliphatic rings. The third-order valence-electron chi connectivity index (χ3n) is 2.02. The summed E-state index contributed by atoms with van der Waals surface area (Å²) >= 11 is 4.49. The molecular formula is C10H22S. The van der Waals surface area contributed by atoms with E-state index in [2.05, 4.69) is 40.3 Å². The van der Waals surface area contributed by atoms with Crippen molar-refractivity contribution in [3.05, 3.63) is 0 Å². The SMILES string of the molecule is CCC(S)CC(C)CC(C)C. The standard InChI is InChI=1S/C10H22S/c1-5-10(11)7-9(4)6-8(2)3/h8-11H,5-7H2,1-4H3. The Labute approximate surface area is 77.2 Å². The van der Waals surface area contributed by atoms with Crippen molar-refractivity contribution in [2.24, 2.45) is 11.8 Å². The van der Waals surface area contributed by atoms with Gasteiger partial charge in [0.05, 0.1) is 0 Å². The zero-order valence-corrected chi connectivity index (χ0v) is 9.20. The minimum atomic E-state index is 0.615. The van der Waals surface area contributed by atoms with E-state index >= 15 is 0 Å². The third-order valence-corrected chi connectivity index (χ3v) is 2.60. The molecule has 0 aromatic carbocycles. The molecule has 0 aliphatic heterocycles. The van der Waals surface area contributed by atoms with Gasteiger partial charge >= 0.3 is 0 Å². The lowest BCUT2D eigenvalue weighted by atomic mass is 9.94. The van der Waals surface area contributed by atoms with Gasteiger partial charge in [-0.25, -0.2) is 0 Å². The van der Waals surface area contributed by atoms with Crippen LogP contribution in [0.25, 0.3) is 0 Å². The van der Waals surface area contributed by atoms with Crippen LogP contribution < -0.4 is 0 Å². The minimum absolute atomic E-state index is 0.615. The lowest BCUT2D eigenvalue weighted by molar-refractivity contribution is 0.409. The molecule has 0 nitrogen and oxygen atoms in total. The van der Waals surface area contributed by atoms with Crippen molar-refractivity contribution >= 4 is 12.6 Å². The van der Waals surface area contributed by atoms with Crippen molar-refractivity contribution < 1.29 is 0 Å². The molecule has 11 heavy (non-hydrogen) atoms. The summed E-state index contributed by atoms with van der Waals surface area (Å²) in [6.45, 7) is 9.12. The number of thiol groups is 1. The maximum atomic E-state index is 4.49. The van der Waals surface area contributed by atoms with E-state index in [1.165, 1.54) is 19.3 Å². The molecule has 0 rings (SSSR count). The van der Waals surface area contributed by atoms with Crippen LogP contribution >= 0.6 is 12.6 Å². The zero-order chi connectivity index (χ0) is 8.85. The Hall–Kier alpha value is 0.350. The highest BCUT2D eigenvalue weighted by Gasteiger charge is 2.08. The van der Waals surface area contributed by atoms with Crippen molar-refractivity contribution in [1.82, 2.24) is 0 Å². The van der Waals surface area contributed by atoms with Gasteiger partial charge < -0.3 is 0 Å². The van der Waals surface area contributed by atoms with Crippen molar-refractivity contribution in [3.8, 4) is 0 Å². The molecular weight excluding hydrogens is 152 g/mol. The Morgan fingerprint density at radius 3 is 2.00 bits per heavy atom. The number of hydrogen-bond acceptors (Lipinski definition) is 1. The molecule has 0 radical (unpaired) electrons. The molecule has 0 bridgehead atoms. The van der Waals surface area contributed by atoms with Crippen LogP contribution in [0.3, 0.4) is 0 Å². The molecule has 0 amide bonds. The van der Waals surface area contributed by atoms with Crippen molar-refractivity contribution in [1.29, 1.82) is 0 Å². The molecule has 0 aromatic heterocycles. The zero-order valence-electron chi connectivity index (χ0n) is 8.30. The highest BCUT2D eigenvalue weighted by molar-refractivity contribution is 7.80. The second-order valence-electron chi connectivity index (χ2n) is 4.03. The van der Waals surface area contributed by atoms with Gasteiger partial charge in [0.15, 0.2) is 0 Å². The summed E-state index contributed by atoms with van der Waals surface area (Å²) in [5, 5.41) is 0.615. The molecule has 0 saturated carbocycles. The molecule has 2 atom stereocenters. The molecule has 0 heterocycles. The third kappa shape index (κ3) is 6.74. The summed E-state index contributed by atoms with van der Waals surface area (Å²) in [5.41, 5.74) is 0. The van der Waals surface area contributed by atoms with Gasteiger partial charge in [0.1, 0.15) is 0 Å². The summed E-state index contributed by atoms with van der Waals surface area (Å²) in [6.07, 6.45) is 3.82. The van der Waals surface area contributed by atoms with Crippen LogP contribution in [0.4, 0.5) is 0 Å². The van der Waals surface area contributed by atoms with Crippen LogP contribution in [-0.2, 0) is 0 Å². The maximum Gasteiger partial charge on any atom is 0.00167 e. The van der Waals surface area contributed by atoms with Crippen LogP contribution in [0, 0.1) is 11.8 Å². The first-order chi connectivity index (χ1) is 5.06. The average Bonchev–Trinajstić information content (AvgIpc) is 1.85. The predicted octanol–water partition coefficient (Wildman–Crippen LogP) is 3.77. The van der Waals surface area contributed by atoms with Gasteiger partial charge in [0.2, 0.25) is 0 Å². The van der Waals surface area contributed by atoms with Gasteiger partial charge in [-0.2, -0.15) is 12.6 Å². The van der Waals surface area contributed by atoms with E-state index in [0.717, 1.165) is 11.8 Å². The molecule has 1 heteroatoms. The average molecular weight is 174 g/mol. The van der Waals surface area contributed by atoms with Gasteiger partial charge in [-0.15, -0.1) is 0 Å². The molecule has 68 valence electrons. The van der Waals surface area contributed by atoms with E-state index in [9.17, 15) is 0 Å². The Morgan fingerprint density at radius 1 is 1.09 bits per heavy atom. The molecule has 2 unspecified atom stereocenters. The minimum Gasteiger partial charge on any atom is -0.176 e. The fraction of sp³-hybridized carbons (Fsp3) is 1.00. The fourth-order valence-electron chi connectivity index (χ4n) is 1.53. The van der Waals surface area contributed by atoms with Gasteiger partial charge in [-0.1, -0.05) is 27.7 Å². The fourth-order valence-corrected chi connectivity index (χ4v) is 1.89. The highest BCUT2D eigenvalue weighted by Crippen LogP contribution is 2.20. The largest absolute Gasteiger partial charge is 0.176 e. The summed E-state index contributed by atoms with van der Waals surface area (Å²) in [4.78, 5) is 0. The maximum absolute atomic E-state index is 4.49. The Bertz CT molecular complexity index is 88.9. The number of rotatable bonds is 5. The van der Waals surface area contributed by atoms with Crippen LogP contribution in [0.5, 0.6) is 0 Å². The van der Waals surface area contributed by atoms with Crippen LogP contribution in [0.2, 0.25) is 0 Å². The van der Waals surface area contributed by atoms with Crippen LogP contribution in [0.15, 0.2) is 0 Å². The first kappa shape index (κ1) is 11.4. The van der Waals surface area contributed by atoms with Crippen LogP contribution in [-0.4, -0.2) is 5.25 Å². The monoisotopic (exact) mass is 174 g/mol. The topological polar surface area (TPSA) is 0 Å². The van der Waals surface area contributed by atoms with Crippen molar-refractivity contribution in [2.45, 2.75) is 52.2 Å². The quantitative estimate of drug-likeness (QED) is 0.603. The number of hydrogen-bond donors (Lipinski definition) is 1. The summed E-state index contributed by atoms with van der Waals surface area (Å²) in [5.74, 6) is 1.68. The molecule has 0 fully saturated rings. The normalized spacial score (nSPS) is 16.9. The lowest BCUT2D eigenvalue weighted by Gasteiger charge is -2.16. The van der Waals surface area contributed by atoms with E-state index in [4.69, 9.17) is 0 Å². The Morgan fingerprint density at radius 2 is 1.64 bits per heavy atom. The van der Waals surface area contributed by atoms with Gasteiger partial charge in [0, 0.05) is 5.25 Å². The molecule has 0 saturated heterocycles. The van der Waals surface area contributed by atoms with E-state index in [0.29, 0.717) is 5.25 Å². The van der Waals surface area contributed by atoms with Gasteiger partial charge in [-0.05, 0) is 31.1 Å². The van der Waals surface area contributed by atoms with E-state index < -0.39 is 0 Å². The molecule has 0 aromatic rings. The Balaban J connectivity index is 3.43. The summed E-state index contributed by atoms with van der Waals surface area (Å²) < 4.78 is 0. The summed E-state index contributed by atoms with van der Waals surface area (Å²) in [6, 6.07) is 0. The first-order valence-electron chi connectivity index (χ1n) is 4.74. The van der Waals surface area contributed by atoms with Crippen LogP contribution in [0.1, 0.15) is 47.0 Å². The smallest absolute Gasteiger partial charge is 0.00167 e. The predicted molar refractivity (Wildman–Crippen MR) is 56.3 cm³/mol. The highest BCUT2D eigenvalue weighted by atomic mass is 32.1. The van der Waals surface area contributed by atoms with E-state index in [1.807, 2.05) is 0 Å². The van der Waals surface area contributed by atoms with E-state index in [-0.39, 0.29) is 0 Å². The lowest BCUT2D eigenvalue weighted by Crippen LogP contribution is -2.07. The molecule has 0 aliphatic carbocycles. The first-order valence-corrected chi connectivity index (χ1v) is 5.25. The van der Waals surface area contributed by atoms with Crippen molar-refractivity contribution in [2.75, 3.05) is 0 Å². The molecule has 0 spiro atoms. The second kappa shape index (κ2) is 5.93. The van der Waals surface area contributed by atoms with E-state index in [1.54, 1.807) is 0 Å². The molecule has 0 N–H and O–H groups in total. The van der Waals surface area contributed by atoms with Gasteiger partial charge in [0.25, 0.3) is 0 Å². The van der Waals surface area contributed by atoms with Crippen molar-refractivity contribution in [3.63, 3.8) is 0 Å².